The third kappa shape index (κ3) is 7.80. The number of alkyl halides is 1. The van der Waals surface area contributed by atoms with Crippen LogP contribution in [0.15, 0.2) is 48.6 Å². The van der Waals surface area contributed by atoms with Gasteiger partial charge in [-0.05, 0) is 104 Å². The number of carbonyl (C=O) groups is 1. The Kier molecular flexibility index (Phi) is 11.6. The number of carbonyl (C=O) groups excluding carboxylic acids is 1. The van der Waals surface area contributed by atoms with Crippen molar-refractivity contribution in [3.63, 3.8) is 0 Å². The highest BCUT2D eigenvalue weighted by Gasteiger charge is 2.50. The predicted octanol–water partition coefficient (Wildman–Crippen LogP) is 5.89. The highest BCUT2D eigenvalue weighted by Crippen LogP contribution is 2.49. The number of methoxy groups -OCH3 is 1. The largest absolute Gasteiger partial charge is 0.490 e. The number of ether oxygens (including phenoxy) is 3. The summed E-state index contributed by atoms with van der Waals surface area (Å²) in [6, 6.07) is 12.0. The monoisotopic (exact) mass is 814 g/mol. The number of anilines is 1. The van der Waals surface area contributed by atoms with E-state index >= 15 is 0 Å². The van der Waals surface area contributed by atoms with Crippen LogP contribution < -0.4 is 14.4 Å². The number of piperazine rings is 1. The lowest BCUT2D eigenvalue weighted by Gasteiger charge is -2.53. The number of sulfonamides is 1. The molecule has 2 bridgehead atoms. The molecule has 2 saturated heterocycles. The van der Waals surface area contributed by atoms with Gasteiger partial charge in [-0.15, -0.1) is 11.6 Å². The van der Waals surface area contributed by atoms with Gasteiger partial charge >= 0.3 is 0 Å². The molecule has 0 radical (unpaired) electrons. The Morgan fingerprint density at radius 2 is 1.96 bits per heavy atom. The molecule has 1 N–H and O–H groups in total. The molecular weight excluding hydrogens is 759 g/mol. The quantitative estimate of drug-likeness (QED) is 0.293. The first-order chi connectivity index (χ1) is 26.5. The number of fused-ring (bicyclic) bond motifs is 5. The number of rotatable bonds is 5. The second kappa shape index (κ2) is 16.1. The molecule has 10 nitrogen and oxygen atoms in total. The van der Waals surface area contributed by atoms with Crippen molar-refractivity contribution in [3.05, 3.63) is 70.3 Å². The van der Waals surface area contributed by atoms with Gasteiger partial charge in [-0.25, -0.2) is 13.1 Å². The summed E-state index contributed by atoms with van der Waals surface area (Å²) in [5, 5.41) is -0.106. The zero-order valence-corrected chi connectivity index (χ0v) is 34.5. The van der Waals surface area contributed by atoms with E-state index in [1.807, 2.05) is 32.2 Å². The number of amides is 1. The molecule has 7 atom stereocenters. The third-order valence-corrected chi connectivity index (χ3v) is 16.2. The fourth-order valence-electron chi connectivity index (χ4n) is 10.6. The molecule has 0 unspecified atom stereocenters. The van der Waals surface area contributed by atoms with E-state index in [1.54, 1.807) is 6.07 Å². The summed E-state index contributed by atoms with van der Waals surface area (Å²) in [4.78, 5) is 21.4. The van der Waals surface area contributed by atoms with Crippen LogP contribution in [0.3, 0.4) is 0 Å². The molecule has 13 heteroatoms. The zero-order chi connectivity index (χ0) is 38.4. The molecule has 300 valence electrons. The average Bonchev–Trinajstić information content (AvgIpc) is 3.31. The zero-order valence-electron chi connectivity index (χ0n) is 32.2. The molecule has 6 aliphatic rings. The van der Waals surface area contributed by atoms with E-state index in [0.29, 0.717) is 37.3 Å². The van der Waals surface area contributed by atoms with Crippen LogP contribution in [0, 0.1) is 17.8 Å². The summed E-state index contributed by atoms with van der Waals surface area (Å²) in [6.45, 7) is 10.1. The fraction of sp³-hybridized carbons (Fsp3) is 0.643. The van der Waals surface area contributed by atoms with E-state index < -0.39 is 26.8 Å². The first-order valence-corrected chi connectivity index (χ1v) is 22.7. The molecule has 55 heavy (non-hydrogen) atoms. The smallest absolute Gasteiger partial charge is 0.264 e. The Morgan fingerprint density at radius 1 is 1.09 bits per heavy atom. The van der Waals surface area contributed by atoms with Gasteiger partial charge in [-0.1, -0.05) is 36.7 Å². The predicted molar refractivity (Wildman–Crippen MR) is 217 cm³/mol. The van der Waals surface area contributed by atoms with E-state index in [-0.39, 0.29) is 35.1 Å². The maximum atomic E-state index is 14.0. The minimum Gasteiger partial charge on any atom is -0.490 e. The lowest BCUT2D eigenvalue weighted by atomic mass is 9.63. The number of hydrogen-bond acceptors (Lipinski definition) is 9. The molecule has 0 aromatic heterocycles. The van der Waals surface area contributed by atoms with Crippen molar-refractivity contribution in [3.8, 4) is 5.75 Å². The molecule has 2 aromatic carbocycles. The van der Waals surface area contributed by atoms with Crippen LogP contribution in [0.1, 0.15) is 66.9 Å². The van der Waals surface area contributed by atoms with Gasteiger partial charge in [0.25, 0.3) is 5.91 Å². The van der Waals surface area contributed by atoms with Crippen LogP contribution in [-0.2, 0) is 31.3 Å². The van der Waals surface area contributed by atoms with Crippen LogP contribution in [0.2, 0.25) is 5.02 Å². The van der Waals surface area contributed by atoms with E-state index in [2.05, 4.69) is 43.7 Å². The molecule has 1 saturated carbocycles. The standard InChI is InChI=1S/C42H56Cl2N4O6S/c1-29-5-3-15-42(52-2,27-46-17-18-47-19-20-53-25-34(47)24-46)36-10-7-32(36)23-48-26-41(14-4-6-30-21-33(44)9-11-35(30)41)28-54-38-12-8-31(22-37(38)48)40(49)45-55(50,51)39(29)13-16-43/h3,8-9,11-12,15,21-22,29,32,34,36,39H,4-7,10,13-14,16-20,23-28H2,1-2H3,(H,45,49)/b15-3+/t29-,32-,34-,36+,39+,41-,42+/m0/s1. The van der Waals surface area contributed by atoms with Crippen molar-refractivity contribution >= 4 is 44.8 Å². The number of halogens is 2. The lowest BCUT2D eigenvalue weighted by molar-refractivity contribution is -0.108. The van der Waals surface area contributed by atoms with Gasteiger partial charge in [-0.2, -0.15) is 0 Å². The van der Waals surface area contributed by atoms with Crippen LogP contribution in [-0.4, -0.2) is 120 Å². The SMILES string of the molecule is CO[C@@]1(CN2CCN3CCOC[C@@H]3C2)/C=C/C[C@H](C)[C@@H](CCCl)S(=O)(=O)NC(=O)c2ccc3c(c2)N(C[C@@H]2CC[C@H]21)C[C@@]1(CCCc2cc(Cl)ccc21)CO3. The number of hydrogen-bond donors (Lipinski definition) is 1. The molecular formula is C42H56Cl2N4O6S. The Bertz CT molecular complexity index is 1880. The van der Waals surface area contributed by atoms with Gasteiger partial charge in [0.2, 0.25) is 10.0 Å². The highest BCUT2D eigenvalue weighted by atomic mass is 35.5. The molecule has 4 heterocycles. The van der Waals surface area contributed by atoms with E-state index in [9.17, 15) is 13.2 Å². The second-order valence-electron chi connectivity index (χ2n) is 17.0. The highest BCUT2D eigenvalue weighted by molar-refractivity contribution is 7.90. The summed E-state index contributed by atoms with van der Waals surface area (Å²) < 4.78 is 49.7. The van der Waals surface area contributed by atoms with Crippen LogP contribution in [0.4, 0.5) is 5.69 Å². The summed E-state index contributed by atoms with van der Waals surface area (Å²) >= 11 is 12.7. The first kappa shape index (κ1) is 39.4. The van der Waals surface area contributed by atoms with Gasteiger partial charge < -0.3 is 19.1 Å². The van der Waals surface area contributed by atoms with Crippen LogP contribution in [0.5, 0.6) is 5.75 Å². The van der Waals surface area contributed by atoms with E-state index in [4.69, 9.17) is 37.4 Å². The normalized spacial score (nSPS) is 34.6. The minimum absolute atomic E-state index is 0.165. The maximum absolute atomic E-state index is 14.0. The van der Waals surface area contributed by atoms with Crippen molar-refractivity contribution in [2.75, 3.05) is 83.5 Å². The summed E-state index contributed by atoms with van der Waals surface area (Å²) in [7, 11) is -2.22. The summed E-state index contributed by atoms with van der Waals surface area (Å²) in [5.41, 5.74) is 2.78. The van der Waals surface area contributed by atoms with Crippen LogP contribution >= 0.6 is 23.2 Å². The van der Waals surface area contributed by atoms with Gasteiger partial charge in [0.05, 0.1) is 30.8 Å². The molecule has 8 rings (SSSR count). The molecule has 4 aliphatic heterocycles. The molecule has 1 spiro atoms. The van der Waals surface area contributed by atoms with Gasteiger partial charge in [-0.3, -0.25) is 14.6 Å². The Balaban J connectivity index is 1.20. The van der Waals surface area contributed by atoms with Crippen LogP contribution in [0.25, 0.3) is 0 Å². The lowest BCUT2D eigenvalue weighted by Crippen LogP contribution is -2.62. The summed E-state index contributed by atoms with van der Waals surface area (Å²) in [5.74, 6) is 0.479. The van der Waals surface area contributed by atoms with Crippen molar-refractivity contribution < 1.29 is 27.4 Å². The van der Waals surface area contributed by atoms with Gasteiger partial charge in [0.1, 0.15) is 11.4 Å². The molecule has 2 aromatic rings. The Morgan fingerprint density at radius 3 is 2.76 bits per heavy atom. The van der Waals surface area contributed by atoms with Gasteiger partial charge in [0, 0.05) is 80.8 Å². The molecule has 3 fully saturated rings. The maximum Gasteiger partial charge on any atom is 0.264 e. The van der Waals surface area contributed by atoms with E-state index in [0.717, 1.165) is 95.3 Å². The molecule has 2 aliphatic carbocycles. The van der Waals surface area contributed by atoms with Crippen molar-refractivity contribution in [2.45, 2.75) is 74.2 Å². The topological polar surface area (TPSA) is 101 Å². The minimum atomic E-state index is -4.07. The van der Waals surface area contributed by atoms with E-state index in [1.165, 1.54) is 11.1 Å². The number of nitrogens with one attached hydrogen (secondary N) is 1. The number of nitrogens with zero attached hydrogens (tertiary/aromatic N) is 3. The number of allylic oxidation sites excluding steroid dienone is 1. The fourth-order valence-corrected chi connectivity index (χ4v) is 12.8. The number of aryl methyl sites for hydroxylation is 1. The van der Waals surface area contributed by atoms with Gasteiger partial charge in [0.15, 0.2) is 0 Å². The Labute approximate surface area is 336 Å². The average molecular weight is 816 g/mol. The number of morpholine rings is 1. The summed E-state index contributed by atoms with van der Waals surface area (Å²) in [6.07, 6.45) is 10.2. The van der Waals surface area contributed by atoms with Crippen molar-refractivity contribution in [2.24, 2.45) is 17.8 Å². The second-order valence-corrected chi connectivity index (χ2v) is 19.7. The number of benzene rings is 2. The first-order valence-electron chi connectivity index (χ1n) is 20.2. The van der Waals surface area contributed by atoms with Crippen molar-refractivity contribution in [1.82, 2.24) is 14.5 Å². The van der Waals surface area contributed by atoms with Crippen molar-refractivity contribution in [1.29, 1.82) is 0 Å². The Hall–Kier alpha value is -2.38. The molecule has 1 amide bonds. The third-order valence-electron chi connectivity index (χ3n) is 13.7.